The molecule has 2 aliphatic heterocycles. The molecule has 0 N–H and O–H groups in total. The molecule has 3 nitrogen and oxygen atoms in total. The van der Waals surface area contributed by atoms with Gasteiger partial charge in [-0.05, 0) is 68.5 Å². The van der Waals surface area contributed by atoms with Crippen LogP contribution >= 0.6 is 11.8 Å². The number of likely N-dealkylation sites (tertiary alicyclic amines) is 2. The largest absolute Gasteiger partial charge is 0.342 e. The fourth-order valence-electron chi connectivity index (χ4n) is 4.40. The highest BCUT2D eigenvalue weighted by Gasteiger charge is 2.48. The van der Waals surface area contributed by atoms with Crippen LogP contribution in [0.1, 0.15) is 37.7 Å². The number of thioether (sulfide) groups is 1. The molecule has 1 spiro atoms. The molecule has 1 amide bonds. The molecule has 1 unspecified atom stereocenters. The minimum Gasteiger partial charge on any atom is -0.342 e. The molecule has 1 aromatic carbocycles. The third-order valence-electron chi connectivity index (χ3n) is 6.00. The van der Waals surface area contributed by atoms with E-state index < -0.39 is 0 Å². The average Bonchev–Trinajstić information content (AvgIpc) is 3.33. The number of benzene rings is 1. The standard InChI is InChI=1S/C20H28N2OS/c1-24-18-7-5-16(6-8-18)13-21-12-10-20(15-21)9-2-11-22(19(20)23)14-17-3-4-17/h5-8,17H,2-4,9-15H2,1H3. The quantitative estimate of drug-likeness (QED) is 0.762. The third-order valence-corrected chi connectivity index (χ3v) is 6.74. The predicted molar refractivity (Wildman–Crippen MR) is 99.1 cm³/mol. The first-order chi connectivity index (χ1) is 11.7. The molecule has 4 rings (SSSR count). The van der Waals surface area contributed by atoms with E-state index in [0.29, 0.717) is 5.91 Å². The van der Waals surface area contributed by atoms with Gasteiger partial charge < -0.3 is 4.90 Å². The van der Waals surface area contributed by atoms with Crippen LogP contribution in [0, 0.1) is 11.3 Å². The molecule has 130 valence electrons. The zero-order chi connectivity index (χ0) is 16.6. The summed E-state index contributed by atoms with van der Waals surface area (Å²) in [5.74, 6) is 1.26. The number of nitrogens with zero attached hydrogens (tertiary/aromatic N) is 2. The Hall–Kier alpha value is -1.00. The van der Waals surface area contributed by atoms with Crippen LogP contribution in [0.4, 0.5) is 0 Å². The first kappa shape index (κ1) is 16.5. The van der Waals surface area contributed by atoms with E-state index in [-0.39, 0.29) is 5.41 Å². The summed E-state index contributed by atoms with van der Waals surface area (Å²) in [6.45, 7) is 5.01. The maximum atomic E-state index is 13.1. The van der Waals surface area contributed by atoms with E-state index in [9.17, 15) is 4.79 Å². The first-order valence-electron chi connectivity index (χ1n) is 9.33. The summed E-state index contributed by atoms with van der Waals surface area (Å²) >= 11 is 1.78. The molecule has 0 bridgehead atoms. The van der Waals surface area contributed by atoms with Crippen molar-refractivity contribution in [3.8, 4) is 0 Å². The van der Waals surface area contributed by atoms with Gasteiger partial charge in [0.05, 0.1) is 5.41 Å². The number of hydrogen-bond acceptors (Lipinski definition) is 3. The Kier molecular flexibility index (Phi) is 4.61. The molecular weight excluding hydrogens is 316 g/mol. The molecule has 2 saturated heterocycles. The van der Waals surface area contributed by atoms with Gasteiger partial charge in [0.15, 0.2) is 0 Å². The summed E-state index contributed by atoms with van der Waals surface area (Å²) in [4.78, 5) is 19.1. The summed E-state index contributed by atoms with van der Waals surface area (Å²) in [6.07, 6.45) is 8.10. The van der Waals surface area contributed by atoms with E-state index in [1.165, 1.54) is 29.7 Å². The second kappa shape index (κ2) is 6.72. The molecule has 1 atom stereocenters. The number of hydrogen-bond donors (Lipinski definition) is 0. The van der Waals surface area contributed by atoms with E-state index in [1.54, 1.807) is 11.8 Å². The highest BCUT2D eigenvalue weighted by Crippen LogP contribution is 2.42. The topological polar surface area (TPSA) is 23.6 Å². The lowest BCUT2D eigenvalue weighted by Crippen LogP contribution is -2.50. The summed E-state index contributed by atoms with van der Waals surface area (Å²) in [7, 11) is 0. The van der Waals surface area contributed by atoms with E-state index in [0.717, 1.165) is 51.5 Å². The van der Waals surface area contributed by atoms with Gasteiger partial charge in [-0.1, -0.05) is 12.1 Å². The minimum absolute atomic E-state index is 0.0770. The lowest BCUT2D eigenvalue weighted by molar-refractivity contribution is -0.145. The molecule has 0 aromatic heterocycles. The van der Waals surface area contributed by atoms with Crippen LogP contribution in [0.15, 0.2) is 29.2 Å². The predicted octanol–water partition coefficient (Wildman–Crippen LogP) is 3.63. The number of rotatable bonds is 5. The Morgan fingerprint density at radius 3 is 2.67 bits per heavy atom. The molecular formula is C20H28N2OS. The monoisotopic (exact) mass is 344 g/mol. The summed E-state index contributed by atoms with van der Waals surface area (Å²) in [6, 6.07) is 8.88. The molecule has 4 heteroatoms. The van der Waals surface area contributed by atoms with Crippen LogP contribution < -0.4 is 0 Å². The van der Waals surface area contributed by atoms with E-state index >= 15 is 0 Å². The van der Waals surface area contributed by atoms with Gasteiger partial charge in [0.2, 0.25) is 5.91 Å². The smallest absolute Gasteiger partial charge is 0.230 e. The summed E-state index contributed by atoms with van der Waals surface area (Å²) in [5.41, 5.74) is 1.29. The lowest BCUT2D eigenvalue weighted by Gasteiger charge is -2.39. The van der Waals surface area contributed by atoms with Gasteiger partial charge in [0.25, 0.3) is 0 Å². The van der Waals surface area contributed by atoms with Crippen molar-refractivity contribution in [3.05, 3.63) is 29.8 Å². The van der Waals surface area contributed by atoms with Crippen molar-refractivity contribution in [2.45, 2.75) is 43.5 Å². The van der Waals surface area contributed by atoms with Crippen molar-refractivity contribution >= 4 is 17.7 Å². The molecule has 1 aromatic rings. The van der Waals surface area contributed by atoms with Crippen LogP contribution in [-0.2, 0) is 11.3 Å². The van der Waals surface area contributed by atoms with Crippen LogP contribution in [0.25, 0.3) is 0 Å². The van der Waals surface area contributed by atoms with Crippen molar-refractivity contribution < 1.29 is 4.79 Å². The molecule has 1 saturated carbocycles. The Balaban J connectivity index is 1.39. The maximum Gasteiger partial charge on any atom is 0.230 e. The number of piperidine rings is 1. The van der Waals surface area contributed by atoms with Gasteiger partial charge in [0.1, 0.15) is 0 Å². The van der Waals surface area contributed by atoms with Crippen LogP contribution in [0.5, 0.6) is 0 Å². The Labute approximate surface area is 149 Å². The zero-order valence-corrected chi connectivity index (χ0v) is 15.5. The highest BCUT2D eigenvalue weighted by molar-refractivity contribution is 7.98. The first-order valence-corrected chi connectivity index (χ1v) is 10.6. The third kappa shape index (κ3) is 3.36. The number of carbonyl (C=O) groups is 1. The second-order valence-electron chi connectivity index (χ2n) is 7.89. The van der Waals surface area contributed by atoms with E-state index in [1.807, 2.05) is 0 Å². The van der Waals surface area contributed by atoms with Gasteiger partial charge in [-0.2, -0.15) is 0 Å². The summed E-state index contributed by atoms with van der Waals surface area (Å²) < 4.78 is 0. The lowest BCUT2D eigenvalue weighted by atomic mass is 9.78. The van der Waals surface area contributed by atoms with Crippen molar-refractivity contribution in [2.75, 3.05) is 32.4 Å². The molecule has 3 fully saturated rings. The summed E-state index contributed by atoms with van der Waals surface area (Å²) in [5, 5.41) is 0. The fourth-order valence-corrected chi connectivity index (χ4v) is 4.81. The van der Waals surface area contributed by atoms with Gasteiger partial charge in [-0.3, -0.25) is 9.69 Å². The second-order valence-corrected chi connectivity index (χ2v) is 8.77. The molecule has 0 radical (unpaired) electrons. The average molecular weight is 345 g/mol. The minimum atomic E-state index is -0.0770. The van der Waals surface area contributed by atoms with Crippen LogP contribution in [0.2, 0.25) is 0 Å². The van der Waals surface area contributed by atoms with E-state index in [2.05, 4.69) is 40.3 Å². The van der Waals surface area contributed by atoms with Gasteiger partial charge in [-0.25, -0.2) is 0 Å². The van der Waals surface area contributed by atoms with Gasteiger partial charge >= 0.3 is 0 Å². The number of carbonyl (C=O) groups excluding carboxylic acids is 1. The normalized spacial score (nSPS) is 28.0. The van der Waals surface area contributed by atoms with Crippen molar-refractivity contribution in [2.24, 2.45) is 11.3 Å². The van der Waals surface area contributed by atoms with Gasteiger partial charge in [0, 0.05) is 31.1 Å². The molecule has 2 heterocycles. The molecule has 24 heavy (non-hydrogen) atoms. The van der Waals surface area contributed by atoms with Crippen molar-refractivity contribution in [1.82, 2.24) is 9.80 Å². The van der Waals surface area contributed by atoms with Crippen molar-refractivity contribution in [1.29, 1.82) is 0 Å². The maximum absolute atomic E-state index is 13.1. The SMILES string of the molecule is CSc1ccc(CN2CCC3(CCCN(CC4CC4)C3=O)C2)cc1. The highest BCUT2D eigenvalue weighted by atomic mass is 32.2. The number of amides is 1. The van der Waals surface area contributed by atoms with Crippen molar-refractivity contribution in [3.63, 3.8) is 0 Å². The zero-order valence-electron chi connectivity index (χ0n) is 14.7. The molecule has 1 aliphatic carbocycles. The van der Waals surface area contributed by atoms with Gasteiger partial charge in [-0.15, -0.1) is 11.8 Å². The fraction of sp³-hybridized carbons (Fsp3) is 0.650. The van der Waals surface area contributed by atoms with E-state index in [4.69, 9.17) is 0 Å². The molecule has 3 aliphatic rings. The Bertz CT molecular complexity index is 598. The van der Waals surface area contributed by atoms with Crippen LogP contribution in [-0.4, -0.2) is 48.1 Å². The van der Waals surface area contributed by atoms with Crippen LogP contribution in [0.3, 0.4) is 0 Å². The Morgan fingerprint density at radius 2 is 1.96 bits per heavy atom. The Morgan fingerprint density at radius 1 is 1.17 bits per heavy atom.